The van der Waals surface area contributed by atoms with Crippen molar-refractivity contribution in [1.82, 2.24) is 0 Å². The molecule has 0 bridgehead atoms. The van der Waals surface area contributed by atoms with Gasteiger partial charge in [-0.1, -0.05) is 62.4 Å². The summed E-state index contributed by atoms with van der Waals surface area (Å²) in [6.07, 6.45) is 0. The third-order valence-corrected chi connectivity index (χ3v) is 4.67. The van der Waals surface area contributed by atoms with E-state index in [1.165, 1.54) is 33.6 Å². The van der Waals surface area contributed by atoms with Crippen molar-refractivity contribution in [2.45, 2.75) is 19.3 Å². The number of aromatic hydroxyl groups is 1. The molecule has 1 aliphatic carbocycles. The Morgan fingerprint density at radius 2 is 1.29 bits per heavy atom. The van der Waals surface area contributed by atoms with Crippen molar-refractivity contribution in [2.75, 3.05) is 0 Å². The average Bonchev–Trinajstić information content (AvgIpc) is 3.06. The minimum atomic E-state index is 0.160. The van der Waals surface area contributed by atoms with Gasteiger partial charge in [0.15, 0.2) is 5.06 Å². The lowest BCUT2D eigenvalue weighted by Crippen LogP contribution is -2.14. The van der Waals surface area contributed by atoms with Gasteiger partial charge in [-0.25, -0.2) is 0 Å². The summed E-state index contributed by atoms with van der Waals surface area (Å²) in [4.78, 5) is 0. The van der Waals surface area contributed by atoms with Crippen molar-refractivity contribution >= 4 is 11.3 Å². The molecule has 21 heavy (non-hydrogen) atoms. The fourth-order valence-electron chi connectivity index (χ4n) is 2.94. The second-order valence-corrected chi connectivity index (χ2v) is 6.59. The largest absolute Gasteiger partial charge is 0.499 e. The summed E-state index contributed by atoms with van der Waals surface area (Å²) in [5.74, 6) is 0. The van der Waals surface area contributed by atoms with Crippen molar-refractivity contribution in [2.24, 2.45) is 0 Å². The van der Waals surface area contributed by atoms with E-state index in [2.05, 4.69) is 62.4 Å². The van der Waals surface area contributed by atoms with E-state index in [4.69, 9.17) is 5.11 Å². The topological polar surface area (TPSA) is 20.2 Å². The van der Waals surface area contributed by atoms with Gasteiger partial charge in [0.1, 0.15) is 0 Å². The normalized spacial score (nSPS) is 13.8. The molecule has 0 saturated heterocycles. The average molecular weight is 294 g/mol. The Labute approximate surface area is 129 Å². The van der Waals surface area contributed by atoms with Crippen LogP contribution in [0.3, 0.4) is 0 Å². The number of rotatable bonds is 0. The van der Waals surface area contributed by atoms with Crippen LogP contribution in [-0.2, 0) is 5.41 Å². The summed E-state index contributed by atoms with van der Waals surface area (Å²) in [7, 11) is 0. The Morgan fingerprint density at radius 1 is 0.762 bits per heavy atom. The third kappa shape index (κ3) is 2.47. The van der Waals surface area contributed by atoms with E-state index in [9.17, 15) is 0 Å². The smallest absolute Gasteiger partial charge is 0.171 e. The van der Waals surface area contributed by atoms with Gasteiger partial charge in [-0.3, -0.25) is 0 Å². The summed E-state index contributed by atoms with van der Waals surface area (Å²) in [6.45, 7) is 4.61. The van der Waals surface area contributed by atoms with Gasteiger partial charge in [0.05, 0.1) is 0 Å². The van der Waals surface area contributed by atoms with Crippen LogP contribution in [0.25, 0.3) is 11.1 Å². The van der Waals surface area contributed by atoms with E-state index in [1.54, 1.807) is 12.1 Å². The van der Waals surface area contributed by atoms with Gasteiger partial charge >= 0.3 is 0 Å². The first-order valence-electron chi connectivity index (χ1n) is 7.02. The van der Waals surface area contributed by atoms with Gasteiger partial charge in [-0.05, 0) is 39.8 Å². The Morgan fingerprint density at radius 3 is 1.67 bits per heavy atom. The maximum atomic E-state index is 8.49. The van der Waals surface area contributed by atoms with Crippen LogP contribution in [0.5, 0.6) is 5.06 Å². The minimum Gasteiger partial charge on any atom is -0.499 e. The van der Waals surface area contributed by atoms with E-state index in [0.29, 0.717) is 5.06 Å². The molecule has 0 saturated carbocycles. The van der Waals surface area contributed by atoms with Gasteiger partial charge < -0.3 is 5.11 Å². The monoisotopic (exact) mass is 294 g/mol. The first-order valence-corrected chi connectivity index (χ1v) is 7.90. The van der Waals surface area contributed by atoms with Gasteiger partial charge in [0.2, 0.25) is 0 Å². The highest BCUT2D eigenvalue weighted by Gasteiger charge is 2.34. The predicted molar refractivity (Wildman–Crippen MR) is 90.0 cm³/mol. The molecule has 4 rings (SSSR count). The number of fused-ring (bicyclic) bond motifs is 3. The highest BCUT2D eigenvalue weighted by atomic mass is 32.1. The van der Waals surface area contributed by atoms with E-state index in [1.807, 2.05) is 5.38 Å². The molecule has 0 fully saturated rings. The molecule has 0 radical (unpaired) electrons. The number of benzene rings is 2. The molecule has 3 aromatic rings. The van der Waals surface area contributed by atoms with Crippen LogP contribution in [0.4, 0.5) is 0 Å². The first-order chi connectivity index (χ1) is 10.1. The second-order valence-electron chi connectivity index (χ2n) is 5.67. The molecule has 0 aliphatic heterocycles. The molecule has 0 spiro atoms. The Balaban J connectivity index is 0.000000186. The lowest BCUT2D eigenvalue weighted by Gasteiger charge is -2.20. The lowest BCUT2D eigenvalue weighted by atomic mass is 9.82. The van der Waals surface area contributed by atoms with Crippen molar-refractivity contribution < 1.29 is 5.11 Å². The van der Waals surface area contributed by atoms with Crippen molar-refractivity contribution in [3.05, 3.63) is 77.2 Å². The maximum absolute atomic E-state index is 8.49. The fourth-order valence-corrected chi connectivity index (χ4v) is 3.39. The first kappa shape index (κ1) is 13.9. The maximum Gasteiger partial charge on any atom is 0.171 e. The quantitative estimate of drug-likeness (QED) is 0.585. The minimum absolute atomic E-state index is 0.160. The molecule has 0 amide bonds. The Hall–Kier alpha value is -2.06. The SMILES string of the molecule is CC1(C)c2ccccc2-c2ccccc21.Oc1cccs1. The molecule has 1 nitrogen and oxygen atoms in total. The number of thiophene rings is 1. The molecule has 2 heteroatoms. The van der Waals surface area contributed by atoms with Gasteiger partial charge in [0.25, 0.3) is 0 Å². The van der Waals surface area contributed by atoms with Crippen LogP contribution >= 0.6 is 11.3 Å². The molecule has 1 aliphatic rings. The summed E-state index contributed by atoms with van der Waals surface area (Å²) < 4.78 is 0. The van der Waals surface area contributed by atoms with E-state index < -0.39 is 0 Å². The van der Waals surface area contributed by atoms with Crippen LogP contribution in [-0.4, -0.2) is 5.11 Å². The highest BCUT2D eigenvalue weighted by molar-refractivity contribution is 7.11. The zero-order valence-corrected chi connectivity index (χ0v) is 13.0. The molecule has 0 unspecified atom stereocenters. The van der Waals surface area contributed by atoms with Crippen LogP contribution in [0.1, 0.15) is 25.0 Å². The number of hydrogen-bond acceptors (Lipinski definition) is 2. The molecule has 1 heterocycles. The van der Waals surface area contributed by atoms with E-state index >= 15 is 0 Å². The zero-order valence-electron chi connectivity index (χ0n) is 12.2. The summed E-state index contributed by atoms with van der Waals surface area (Å²) in [5, 5.41) is 10.7. The van der Waals surface area contributed by atoms with Crippen molar-refractivity contribution in [3.8, 4) is 16.2 Å². The fraction of sp³-hybridized carbons (Fsp3) is 0.158. The van der Waals surface area contributed by atoms with Crippen LogP contribution < -0.4 is 0 Å². The summed E-state index contributed by atoms with van der Waals surface area (Å²) in [5.41, 5.74) is 5.86. The van der Waals surface area contributed by atoms with Crippen LogP contribution in [0.2, 0.25) is 0 Å². The number of hydrogen-bond donors (Lipinski definition) is 1. The molecule has 106 valence electrons. The van der Waals surface area contributed by atoms with E-state index in [0.717, 1.165) is 0 Å². The molecular weight excluding hydrogens is 276 g/mol. The van der Waals surface area contributed by atoms with Crippen LogP contribution in [0.15, 0.2) is 66.0 Å². The van der Waals surface area contributed by atoms with Gasteiger partial charge in [0, 0.05) is 5.41 Å². The summed E-state index contributed by atoms with van der Waals surface area (Å²) in [6, 6.07) is 20.9. The standard InChI is InChI=1S/C15H14.C4H4OS/c1-15(2)13-9-5-3-7-11(13)12-8-4-6-10-14(12)15;5-4-2-1-3-6-4/h3-10H,1-2H3;1-3,5H. The van der Waals surface area contributed by atoms with Crippen molar-refractivity contribution in [3.63, 3.8) is 0 Å². The second kappa shape index (κ2) is 5.38. The van der Waals surface area contributed by atoms with Gasteiger partial charge in [-0.15, -0.1) is 11.3 Å². The van der Waals surface area contributed by atoms with Crippen LogP contribution in [0, 0.1) is 0 Å². The third-order valence-electron chi connectivity index (χ3n) is 4.00. The van der Waals surface area contributed by atoms with Crippen molar-refractivity contribution in [1.29, 1.82) is 0 Å². The highest BCUT2D eigenvalue weighted by Crippen LogP contribution is 2.47. The molecule has 1 N–H and O–H groups in total. The zero-order chi connectivity index (χ0) is 14.9. The Kier molecular flexibility index (Phi) is 3.56. The molecule has 2 aromatic carbocycles. The Bertz CT molecular complexity index is 694. The predicted octanol–water partition coefficient (Wildman–Crippen LogP) is 5.45. The van der Waals surface area contributed by atoms with Gasteiger partial charge in [-0.2, -0.15) is 0 Å². The molecule has 0 atom stereocenters. The molecule has 1 aromatic heterocycles. The van der Waals surface area contributed by atoms with E-state index in [-0.39, 0.29) is 5.41 Å². The molecular formula is C19H18OS. The summed E-state index contributed by atoms with van der Waals surface area (Å²) >= 11 is 1.33. The lowest BCUT2D eigenvalue weighted by molar-refractivity contribution is 0.491.